The molecule has 4 aromatic carbocycles. The number of benzene rings is 4. The normalized spacial score (nSPS) is 11.8. The van der Waals surface area contributed by atoms with E-state index in [1.807, 2.05) is 34.8 Å². The standard InChI is InChI=1S/C32H19N3S2/c1-3-11-20(12-4-1)24-19-25(21-13-5-2-6-14-21)34-32(33-24)35-28-22-15-7-9-17-26(22)36-30(28)31-29(35)23-16-8-10-18-27(23)37-31/h1-19H. The summed E-state index contributed by atoms with van der Waals surface area (Å²) in [7, 11) is 0. The first-order valence-corrected chi connectivity index (χ1v) is 13.8. The number of fused-ring (bicyclic) bond motifs is 7. The second kappa shape index (κ2) is 8.10. The van der Waals surface area contributed by atoms with Gasteiger partial charge in [-0.2, -0.15) is 0 Å². The van der Waals surface area contributed by atoms with Gasteiger partial charge in [0.2, 0.25) is 5.95 Å². The third-order valence-electron chi connectivity index (χ3n) is 6.85. The molecule has 0 fully saturated rings. The van der Waals surface area contributed by atoms with Crippen LogP contribution >= 0.6 is 22.7 Å². The SMILES string of the molecule is c1ccc(-c2cc(-c3ccccc3)nc(-n3c4c5ccccc5sc4c4sc5ccccc5c43)n2)cc1. The quantitative estimate of drug-likeness (QED) is 0.237. The second-order valence-corrected chi connectivity index (χ2v) is 11.2. The molecule has 0 aliphatic rings. The molecular formula is C32H19N3S2. The maximum atomic E-state index is 5.21. The van der Waals surface area contributed by atoms with Gasteiger partial charge in [0.15, 0.2) is 0 Å². The summed E-state index contributed by atoms with van der Waals surface area (Å²) in [6, 6.07) is 40.2. The molecule has 0 saturated heterocycles. The molecule has 0 unspecified atom stereocenters. The number of hydrogen-bond acceptors (Lipinski definition) is 4. The van der Waals surface area contributed by atoms with E-state index in [-0.39, 0.29) is 0 Å². The van der Waals surface area contributed by atoms with E-state index in [0.717, 1.165) is 22.5 Å². The summed E-state index contributed by atoms with van der Waals surface area (Å²) in [6.45, 7) is 0. The zero-order valence-electron chi connectivity index (χ0n) is 19.6. The Labute approximate surface area is 220 Å². The molecule has 0 spiro atoms. The van der Waals surface area contributed by atoms with Crippen LogP contribution in [0.3, 0.4) is 0 Å². The van der Waals surface area contributed by atoms with Gasteiger partial charge in [0.05, 0.1) is 31.8 Å². The lowest BCUT2D eigenvalue weighted by molar-refractivity contribution is 1.00. The van der Waals surface area contributed by atoms with E-state index in [2.05, 4.69) is 108 Å². The van der Waals surface area contributed by atoms with Crippen molar-refractivity contribution in [3.63, 3.8) is 0 Å². The molecule has 8 aromatic rings. The summed E-state index contributed by atoms with van der Waals surface area (Å²) in [5.74, 6) is 0.701. The average molecular weight is 510 g/mol. The molecule has 0 N–H and O–H groups in total. The summed E-state index contributed by atoms with van der Waals surface area (Å²) in [6.07, 6.45) is 0. The highest BCUT2D eigenvalue weighted by molar-refractivity contribution is 7.33. The zero-order chi connectivity index (χ0) is 24.3. The Morgan fingerprint density at radius 2 is 0.919 bits per heavy atom. The van der Waals surface area contributed by atoms with Crippen LogP contribution in [0.15, 0.2) is 115 Å². The Bertz CT molecular complexity index is 1940. The van der Waals surface area contributed by atoms with Gasteiger partial charge in [0, 0.05) is 31.3 Å². The molecule has 0 atom stereocenters. The van der Waals surface area contributed by atoms with Crippen LogP contribution in [0.2, 0.25) is 0 Å². The van der Waals surface area contributed by atoms with E-state index < -0.39 is 0 Å². The molecule has 0 saturated carbocycles. The van der Waals surface area contributed by atoms with Crippen LogP contribution in [0.25, 0.3) is 69.1 Å². The van der Waals surface area contributed by atoms with Gasteiger partial charge >= 0.3 is 0 Å². The van der Waals surface area contributed by atoms with Gasteiger partial charge in [0.1, 0.15) is 0 Å². The summed E-state index contributed by atoms with van der Waals surface area (Å²) in [5.41, 5.74) is 6.37. The maximum Gasteiger partial charge on any atom is 0.235 e. The Kier molecular flexibility index (Phi) is 4.56. The molecule has 4 aromatic heterocycles. The zero-order valence-corrected chi connectivity index (χ0v) is 21.3. The Balaban J connectivity index is 1.54. The van der Waals surface area contributed by atoms with Crippen molar-refractivity contribution >= 4 is 63.3 Å². The van der Waals surface area contributed by atoms with Gasteiger partial charge in [-0.1, -0.05) is 97.1 Å². The Morgan fingerprint density at radius 3 is 1.41 bits per heavy atom. The van der Waals surface area contributed by atoms with Crippen molar-refractivity contribution in [3.05, 3.63) is 115 Å². The second-order valence-electron chi connectivity index (χ2n) is 9.06. The van der Waals surface area contributed by atoms with Gasteiger partial charge in [-0.15, -0.1) is 22.7 Å². The van der Waals surface area contributed by atoms with Crippen LogP contribution < -0.4 is 0 Å². The number of rotatable bonds is 3. The number of aromatic nitrogens is 3. The van der Waals surface area contributed by atoms with Gasteiger partial charge in [-0.3, -0.25) is 4.57 Å². The summed E-state index contributed by atoms with van der Waals surface area (Å²) in [4.78, 5) is 10.4. The predicted molar refractivity (Wildman–Crippen MR) is 158 cm³/mol. The first kappa shape index (κ1) is 20.8. The fourth-order valence-corrected chi connectivity index (χ4v) is 7.68. The van der Waals surface area contributed by atoms with Crippen molar-refractivity contribution < 1.29 is 0 Å². The van der Waals surface area contributed by atoms with Crippen molar-refractivity contribution in [2.75, 3.05) is 0 Å². The van der Waals surface area contributed by atoms with Crippen LogP contribution in [0, 0.1) is 0 Å². The Hall–Kier alpha value is -4.32. The Morgan fingerprint density at radius 1 is 0.486 bits per heavy atom. The van der Waals surface area contributed by atoms with Crippen molar-refractivity contribution in [3.8, 4) is 28.5 Å². The third-order valence-corrected chi connectivity index (χ3v) is 9.33. The summed E-state index contributed by atoms with van der Waals surface area (Å²) >= 11 is 3.71. The first-order chi connectivity index (χ1) is 18.3. The molecule has 174 valence electrons. The van der Waals surface area contributed by atoms with Crippen molar-refractivity contribution in [2.45, 2.75) is 0 Å². The van der Waals surface area contributed by atoms with E-state index in [0.29, 0.717) is 5.95 Å². The van der Waals surface area contributed by atoms with Crippen LogP contribution in [0.1, 0.15) is 0 Å². The van der Waals surface area contributed by atoms with Crippen LogP contribution in [-0.4, -0.2) is 14.5 Å². The molecule has 0 bridgehead atoms. The fourth-order valence-electron chi connectivity index (χ4n) is 5.18. The monoisotopic (exact) mass is 509 g/mol. The molecule has 0 amide bonds. The highest BCUT2D eigenvalue weighted by atomic mass is 32.1. The van der Waals surface area contributed by atoms with E-state index in [1.54, 1.807) is 0 Å². The number of hydrogen-bond donors (Lipinski definition) is 0. The van der Waals surface area contributed by atoms with Gasteiger partial charge in [-0.25, -0.2) is 9.97 Å². The highest BCUT2D eigenvalue weighted by Gasteiger charge is 2.23. The summed E-state index contributed by atoms with van der Waals surface area (Å²) < 4.78 is 7.47. The minimum Gasteiger partial charge on any atom is -0.275 e. The summed E-state index contributed by atoms with van der Waals surface area (Å²) in [5, 5.41) is 2.48. The minimum atomic E-state index is 0.701. The lowest BCUT2D eigenvalue weighted by atomic mass is 10.1. The van der Waals surface area contributed by atoms with Crippen molar-refractivity contribution in [1.82, 2.24) is 14.5 Å². The molecule has 4 heterocycles. The van der Waals surface area contributed by atoms with Crippen LogP contribution in [-0.2, 0) is 0 Å². The van der Waals surface area contributed by atoms with Crippen LogP contribution in [0.5, 0.6) is 0 Å². The van der Waals surface area contributed by atoms with Crippen molar-refractivity contribution in [1.29, 1.82) is 0 Å². The van der Waals surface area contributed by atoms with Crippen LogP contribution in [0.4, 0.5) is 0 Å². The highest BCUT2D eigenvalue weighted by Crippen LogP contribution is 2.47. The largest absolute Gasteiger partial charge is 0.275 e. The molecule has 8 rings (SSSR count). The number of thiophene rings is 2. The average Bonchev–Trinajstić information content (AvgIpc) is 3.62. The van der Waals surface area contributed by atoms with E-state index in [1.165, 1.54) is 40.6 Å². The maximum absolute atomic E-state index is 5.21. The van der Waals surface area contributed by atoms with Gasteiger partial charge < -0.3 is 0 Å². The predicted octanol–water partition coefficient (Wildman–Crippen LogP) is 9.34. The smallest absolute Gasteiger partial charge is 0.235 e. The van der Waals surface area contributed by atoms with Crippen molar-refractivity contribution in [2.24, 2.45) is 0 Å². The lowest BCUT2D eigenvalue weighted by Gasteiger charge is -2.11. The van der Waals surface area contributed by atoms with E-state index >= 15 is 0 Å². The molecule has 37 heavy (non-hydrogen) atoms. The minimum absolute atomic E-state index is 0.701. The molecule has 0 radical (unpaired) electrons. The molecule has 3 nitrogen and oxygen atoms in total. The van der Waals surface area contributed by atoms with Gasteiger partial charge in [-0.05, 0) is 18.2 Å². The first-order valence-electron chi connectivity index (χ1n) is 12.2. The lowest BCUT2D eigenvalue weighted by Crippen LogP contribution is -2.03. The third kappa shape index (κ3) is 3.18. The van der Waals surface area contributed by atoms with Gasteiger partial charge in [0.25, 0.3) is 0 Å². The van der Waals surface area contributed by atoms with E-state index in [4.69, 9.17) is 9.97 Å². The molecule has 0 aliphatic heterocycles. The number of nitrogens with zero attached hydrogens (tertiary/aromatic N) is 3. The molecule has 5 heteroatoms. The molecular weight excluding hydrogens is 491 g/mol. The topological polar surface area (TPSA) is 30.7 Å². The molecule has 0 aliphatic carbocycles. The van der Waals surface area contributed by atoms with E-state index in [9.17, 15) is 0 Å². The fraction of sp³-hybridized carbons (Fsp3) is 0.